The van der Waals surface area contributed by atoms with E-state index >= 15 is 0 Å². The summed E-state index contributed by atoms with van der Waals surface area (Å²) >= 11 is 19.8. The summed E-state index contributed by atoms with van der Waals surface area (Å²) in [4.78, 5) is 32.8. The molecule has 42 heavy (non-hydrogen) atoms. The third-order valence-electron chi connectivity index (χ3n) is 6.66. The summed E-state index contributed by atoms with van der Waals surface area (Å²) in [5.74, 6) is 0.438. The highest BCUT2D eigenvalue weighted by atomic mass is 35.5. The third-order valence-corrected chi connectivity index (χ3v) is 8.44. The summed E-state index contributed by atoms with van der Waals surface area (Å²) in [6, 6.07) is 24.3. The van der Waals surface area contributed by atoms with Crippen LogP contribution in [0.5, 0.6) is 0 Å². The zero-order valence-corrected chi connectivity index (χ0v) is 25.1. The highest BCUT2D eigenvalue weighted by Crippen LogP contribution is 2.36. The zero-order chi connectivity index (χ0) is 29.4. The Kier molecular flexibility index (Phi) is 7.92. The van der Waals surface area contributed by atoms with Crippen LogP contribution in [0.4, 0.5) is 0 Å². The number of nitrogens with zero attached hydrogens (tertiary/aromatic N) is 2. The van der Waals surface area contributed by atoms with Crippen LogP contribution in [0.25, 0.3) is 23.1 Å². The number of carbonyl (C=O) groups is 1. The number of esters is 1. The Bertz CT molecular complexity index is 2030. The van der Waals surface area contributed by atoms with E-state index in [-0.39, 0.29) is 17.7 Å². The van der Waals surface area contributed by atoms with Gasteiger partial charge in [0.15, 0.2) is 4.80 Å². The highest BCUT2D eigenvalue weighted by Gasteiger charge is 2.35. The van der Waals surface area contributed by atoms with E-state index in [1.165, 1.54) is 15.9 Å². The van der Waals surface area contributed by atoms with E-state index in [1.54, 1.807) is 67.6 Å². The summed E-state index contributed by atoms with van der Waals surface area (Å²) in [6.45, 7) is 1.91. The van der Waals surface area contributed by atoms with Gasteiger partial charge in [-0.15, -0.1) is 0 Å². The van der Waals surface area contributed by atoms with Crippen LogP contribution >= 0.6 is 46.1 Å². The minimum absolute atomic E-state index is 0.167. The van der Waals surface area contributed by atoms with Crippen LogP contribution in [0.2, 0.25) is 15.1 Å². The van der Waals surface area contributed by atoms with Gasteiger partial charge in [-0.3, -0.25) is 9.36 Å². The molecule has 0 unspecified atom stereocenters. The Morgan fingerprint density at radius 1 is 1.00 bits per heavy atom. The molecule has 6 rings (SSSR count). The van der Waals surface area contributed by atoms with Crippen LogP contribution in [0, 0.1) is 0 Å². The average Bonchev–Trinajstić information content (AvgIpc) is 3.57. The molecule has 1 aliphatic heterocycles. The first-order chi connectivity index (χ1) is 20.3. The van der Waals surface area contributed by atoms with Crippen molar-refractivity contribution in [3.8, 4) is 11.3 Å². The molecular formula is C32H21Cl3N2O4S. The second-order valence-corrected chi connectivity index (χ2v) is 11.6. The molecule has 1 aliphatic rings. The minimum atomic E-state index is -0.796. The second-order valence-electron chi connectivity index (χ2n) is 9.31. The summed E-state index contributed by atoms with van der Waals surface area (Å²) in [6.07, 6.45) is 1.66. The van der Waals surface area contributed by atoms with Gasteiger partial charge in [-0.05, 0) is 55.0 Å². The van der Waals surface area contributed by atoms with Crippen molar-refractivity contribution in [3.05, 3.63) is 142 Å². The van der Waals surface area contributed by atoms with E-state index in [2.05, 4.69) is 0 Å². The maximum Gasteiger partial charge on any atom is 0.338 e. The molecule has 6 nitrogen and oxygen atoms in total. The SMILES string of the molecule is CCOC(=O)C1=C(c2ccccc2)N=c2s/c(=C\c3ccc(-c4ccc(Cl)cc4Cl)o3)c(=O)n2[C@@H]1c1ccc(Cl)cc1. The Labute approximate surface area is 259 Å². The summed E-state index contributed by atoms with van der Waals surface area (Å²) in [5.41, 5.74) is 2.48. The third kappa shape index (κ3) is 5.37. The van der Waals surface area contributed by atoms with Crippen molar-refractivity contribution in [2.45, 2.75) is 13.0 Å². The van der Waals surface area contributed by atoms with Gasteiger partial charge in [0.05, 0.1) is 33.5 Å². The van der Waals surface area contributed by atoms with E-state index in [4.69, 9.17) is 48.9 Å². The van der Waals surface area contributed by atoms with Gasteiger partial charge in [0, 0.05) is 27.2 Å². The highest BCUT2D eigenvalue weighted by molar-refractivity contribution is 7.07. The van der Waals surface area contributed by atoms with Crippen LogP contribution in [-0.4, -0.2) is 17.1 Å². The van der Waals surface area contributed by atoms with Crippen molar-refractivity contribution in [1.29, 1.82) is 0 Å². The van der Waals surface area contributed by atoms with Gasteiger partial charge in [0.1, 0.15) is 11.5 Å². The molecular weight excluding hydrogens is 615 g/mol. The molecule has 0 spiro atoms. The first kappa shape index (κ1) is 28.2. The van der Waals surface area contributed by atoms with E-state index < -0.39 is 12.0 Å². The number of fused-ring (bicyclic) bond motifs is 1. The Balaban J connectivity index is 1.55. The number of ether oxygens (including phenoxy) is 1. The molecule has 0 saturated heterocycles. The Morgan fingerprint density at radius 2 is 1.74 bits per heavy atom. The fourth-order valence-electron chi connectivity index (χ4n) is 4.79. The van der Waals surface area contributed by atoms with Gasteiger partial charge in [0.2, 0.25) is 0 Å². The lowest BCUT2D eigenvalue weighted by Gasteiger charge is -2.25. The van der Waals surface area contributed by atoms with E-state index in [9.17, 15) is 9.59 Å². The van der Waals surface area contributed by atoms with Crippen LogP contribution < -0.4 is 14.9 Å². The van der Waals surface area contributed by atoms with Crippen LogP contribution in [0.3, 0.4) is 0 Å². The number of halogens is 3. The molecule has 0 radical (unpaired) electrons. The van der Waals surface area contributed by atoms with Crippen molar-refractivity contribution in [3.63, 3.8) is 0 Å². The van der Waals surface area contributed by atoms with Crippen molar-refractivity contribution in [2.75, 3.05) is 6.61 Å². The molecule has 0 aliphatic carbocycles. The number of thiazole rings is 1. The van der Waals surface area contributed by atoms with Crippen molar-refractivity contribution in [2.24, 2.45) is 4.99 Å². The average molecular weight is 636 g/mol. The zero-order valence-electron chi connectivity index (χ0n) is 22.0. The molecule has 0 N–H and O–H groups in total. The lowest BCUT2D eigenvalue weighted by Crippen LogP contribution is -2.39. The molecule has 2 aromatic heterocycles. The maximum absolute atomic E-state index is 14.0. The van der Waals surface area contributed by atoms with Crippen LogP contribution in [0.1, 0.15) is 29.9 Å². The minimum Gasteiger partial charge on any atom is -0.463 e. The quantitative estimate of drug-likeness (QED) is 0.186. The molecule has 1 atom stereocenters. The Morgan fingerprint density at radius 3 is 2.45 bits per heavy atom. The number of aromatic nitrogens is 1. The fraction of sp³-hybridized carbons (Fsp3) is 0.0938. The molecule has 5 aromatic rings. The van der Waals surface area contributed by atoms with Crippen molar-refractivity contribution in [1.82, 2.24) is 4.57 Å². The van der Waals surface area contributed by atoms with Gasteiger partial charge in [-0.1, -0.05) is 88.6 Å². The van der Waals surface area contributed by atoms with Gasteiger partial charge < -0.3 is 9.15 Å². The lowest BCUT2D eigenvalue weighted by molar-refractivity contribution is -0.138. The van der Waals surface area contributed by atoms with Crippen molar-refractivity contribution < 1.29 is 13.9 Å². The summed E-state index contributed by atoms with van der Waals surface area (Å²) in [7, 11) is 0. The van der Waals surface area contributed by atoms with Crippen LogP contribution in [-0.2, 0) is 9.53 Å². The molecule has 0 fully saturated rings. The van der Waals surface area contributed by atoms with E-state index in [0.29, 0.717) is 52.7 Å². The largest absolute Gasteiger partial charge is 0.463 e. The molecule has 3 aromatic carbocycles. The number of rotatable bonds is 6. The van der Waals surface area contributed by atoms with Gasteiger partial charge >= 0.3 is 5.97 Å². The van der Waals surface area contributed by atoms with Gasteiger partial charge in [-0.25, -0.2) is 9.79 Å². The molecule has 0 bridgehead atoms. The number of hydrogen-bond acceptors (Lipinski definition) is 6. The van der Waals surface area contributed by atoms with E-state index in [1.807, 2.05) is 30.3 Å². The fourth-order valence-corrected chi connectivity index (χ4v) is 6.40. The molecule has 210 valence electrons. The number of carbonyl (C=O) groups excluding carboxylic acids is 1. The van der Waals surface area contributed by atoms with Crippen molar-refractivity contribution >= 4 is 63.9 Å². The smallest absolute Gasteiger partial charge is 0.338 e. The normalized spacial score (nSPS) is 15.0. The topological polar surface area (TPSA) is 73.8 Å². The molecule has 3 heterocycles. The summed E-state index contributed by atoms with van der Waals surface area (Å²) < 4.78 is 13.4. The number of furan rings is 1. The predicted molar refractivity (Wildman–Crippen MR) is 167 cm³/mol. The maximum atomic E-state index is 14.0. The lowest BCUT2D eigenvalue weighted by atomic mass is 9.93. The Hall–Kier alpha value is -3.88. The van der Waals surface area contributed by atoms with Gasteiger partial charge in [-0.2, -0.15) is 0 Å². The first-order valence-corrected chi connectivity index (χ1v) is 14.9. The second kappa shape index (κ2) is 11.8. The standard InChI is InChI=1S/C32H21Cl3N2O4S/c1-2-40-31(39)27-28(18-6-4-3-5-7-18)36-32-37(29(27)19-8-10-20(33)11-9-19)30(38)26(42-32)17-22-13-15-25(41-22)23-14-12-21(34)16-24(23)35/h3-17,29H,2H2,1H3/b26-17-/t29-/m1/s1. The molecule has 0 amide bonds. The molecule has 0 saturated carbocycles. The predicted octanol–water partition coefficient (Wildman–Crippen LogP) is 7.16. The van der Waals surface area contributed by atoms with E-state index in [0.717, 1.165) is 5.56 Å². The number of benzene rings is 3. The number of hydrogen-bond donors (Lipinski definition) is 0. The molecule has 10 heteroatoms. The summed E-state index contributed by atoms with van der Waals surface area (Å²) in [5, 5.41) is 1.50. The van der Waals surface area contributed by atoms with Gasteiger partial charge in [0.25, 0.3) is 5.56 Å². The van der Waals surface area contributed by atoms with Crippen LogP contribution in [0.15, 0.2) is 105 Å². The monoisotopic (exact) mass is 634 g/mol. The first-order valence-electron chi connectivity index (χ1n) is 12.9.